The highest BCUT2D eigenvalue weighted by Gasteiger charge is 2.19. The minimum absolute atomic E-state index is 0.335. The second-order valence-electron chi connectivity index (χ2n) is 4.00. The van der Waals surface area contributed by atoms with Gasteiger partial charge in [0.05, 0.1) is 0 Å². The van der Waals surface area contributed by atoms with E-state index in [9.17, 15) is 0 Å². The van der Waals surface area contributed by atoms with Gasteiger partial charge < -0.3 is 5.73 Å². The van der Waals surface area contributed by atoms with Crippen LogP contribution in [0.25, 0.3) is 0 Å². The van der Waals surface area contributed by atoms with Gasteiger partial charge in [-0.05, 0) is 53.6 Å². The highest BCUT2D eigenvalue weighted by Crippen LogP contribution is 2.26. The molecule has 0 saturated carbocycles. The van der Waals surface area contributed by atoms with Crippen LogP contribution < -0.4 is 5.73 Å². The summed E-state index contributed by atoms with van der Waals surface area (Å²) in [5, 5.41) is 4.37. The molecular weight excluding hydrogens is 178 g/mol. The minimum Gasteiger partial charge on any atom is -0.330 e. The summed E-state index contributed by atoms with van der Waals surface area (Å²) in [5.41, 5.74) is 7.55. The average Bonchev–Trinajstić information content (AvgIpc) is 2.67. The number of thiophene rings is 1. The summed E-state index contributed by atoms with van der Waals surface area (Å²) in [7, 11) is 0. The van der Waals surface area contributed by atoms with Gasteiger partial charge in [-0.3, -0.25) is 0 Å². The molecule has 0 aromatic carbocycles. The van der Waals surface area contributed by atoms with Crippen LogP contribution in [-0.2, 0) is 6.42 Å². The van der Waals surface area contributed by atoms with Crippen molar-refractivity contribution in [2.24, 2.45) is 11.1 Å². The van der Waals surface area contributed by atoms with Gasteiger partial charge in [-0.2, -0.15) is 11.3 Å². The molecule has 0 amide bonds. The first-order valence-electron chi connectivity index (χ1n) is 4.91. The number of hydrogen-bond acceptors (Lipinski definition) is 2. The third-order valence-electron chi connectivity index (χ3n) is 2.94. The topological polar surface area (TPSA) is 26.0 Å². The molecule has 0 aliphatic carbocycles. The first kappa shape index (κ1) is 10.7. The van der Waals surface area contributed by atoms with Crippen molar-refractivity contribution in [1.29, 1.82) is 0 Å². The Labute approximate surface area is 85.0 Å². The Hall–Kier alpha value is -0.340. The first-order chi connectivity index (χ1) is 6.20. The fraction of sp³-hybridized carbons (Fsp3) is 0.636. The second kappa shape index (κ2) is 4.77. The van der Waals surface area contributed by atoms with Crippen molar-refractivity contribution in [2.45, 2.75) is 33.1 Å². The van der Waals surface area contributed by atoms with Crippen molar-refractivity contribution in [3.05, 3.63) is 22.4 Å². The van der Waals surface area contributed by atoms with E-state index in [4.69, 9.17) is 5.73 Å². The van der Waals surface area contributed by atoms with E-state index in [1.54, 1.807) is 11.3 Å². The fourth-order valence-electron chi connectivity index (χ4n) is 1.30. The molecule has 1 aromatic rings. The Bertz CT molecular complexity index is 224. The van der Waals surface area contributed by atoms with E-state index in [2.05, 4.69) is 30.7 Å². The molecule has 1 rings (SSSR count). The Balaban J connectivity index is 2.41. The maximum atomic E-state index is 5.76. The first-order valence-corrected chi connectivity index (χ1v) is 5.85. The lowest BCUT2D eigenvalue weighted by Crippen LogP contribution is -2.26. The van der Waals surface area contributed by atoms with Gasteiger partial charge in [0.2, 0.25) is 0 Å². The molecule has 0 bridgehead atoms. The van der Waals surface area contributed by atoms with Crippen molar-refractivity contribution < 1.29 is 0 Å². The maximum Gasteiger partial charge on any atom is -0.00232 e. The monoisotopic (exact) mass is 197 g/mol. The van der Waals surface area contributed by atoms with Gasteiger partial charge in [0.1, 0.15) is 0 Å². The maximum absolute atomic E-state index is 5.76. The Morgan fingerprint density at radius 1 is 1.54 bits per heavy atom. The molecule has 0 spiro atoms. The summed E-state index contributed by atoms with van der Waals surface area (Å²) in [4.78, 5) is 0. The molecule has 13 heavy (non-hydrogen) atoms. The number of rotatable bonds is 5. The molecule has 1 unspecified atom stereocenters. The van der Waals surface area contributed by atoms with Crippen molar-refractivity contribution in [2.75, 3.05) is 6.54 Å². The zero-order chi connectivity index (χ0) is 9.73. The van der Waals surface area contributed by atoms with Crippen LogP contribution in [0.15, 0.2) is 16.8 Å². The number of aryl methyl sites for hydroxylation is 1. The van der Waals surface area contributed by atoms with Crippen LogP contribution in [0.3, 0.4) is 0 Å². The van der Waals surface area contributed by atoms with Crippen molar-refractivity contribution in [1.82, 2.24) is 0 Å². The molecule has 74 valence electrons. The van der Waals surface area contributed by atoms with Gasteiger partial charge in [-0.15, -0.1) is 0 Å². The molecular formula is C11H19NS. The molecule has 1 nitrogen and oxygen atoms in total. The molecule has 2 heteroatoms. The predicted molar refractivity (Wildman–Crippen MR) is 60.1 cm³/mol. The molecule has 1 aromatic heterocycles. The largest absolute Gasteiger partial charge is 0.330 e. The van der Waals surface area contributed by atoms with Crippen LogP contribution in [-0.4, -0.2) is 6.54 Å². The molecule has 0 aliphatic heterocycles. The van der Waals surface area contributed by atoms with E-state index in [0.717, 1.165) is 6.54 Å². The highest BCUT2D eigenvalue weighted by molar-refractivity contribution is 7.07. The molecule has 1 heterocycles. The third-order valence-corrected chi connectivity index (χ3v) is 3.68. The highest BCUT2D eigenvalue weighted by atomic mass is 32.1. The van der Waals surface area contributed by atoms with E-state index >= 15 is 0 Å². The van der Waals surface area contributed by atoms with E-state index in [-0.39, 0.29) is 0 Å². The van der Waals surface area contributed by atoms with Gasteiger partial charge in [-0.1, -0.05) is 13.8 Å². The lowest BCUT2D eigenvalue weighted by Gasteiger charge is -2.25. The summed E-state index contributed by atoms with van der Waals surface area (Å²) in [5.74, 6) is 0. The Morgan fingerprint density at radius 3 is 2.77 bits per heavy atom. The van der Waals surface area contributed by atoms with Crippen molar-refractivity contribution in [3.8, 4) is 0 Å². The lowest BCUT2D eigenvalue weighted by molar-refractivity contribution is 0.297. The van der Waals surface area contributed by atoms with Gasteiger partial charge in [0, 0.05) is 0 Å². The van der Waals surface area contributed by atoms with E-state index in [1.807, 2.05) is 0 Å². The zero-order valence-electron chi connectivity index (χ0n) is 8.55. The molecule has 2 N–H and O–H groups in total. The summed E-state index contributed by atoms with van der Waals surface area (Å²) in [6.07, 6.45) is 3.55. The number of nitrogens with two attached hydrogens (primary N) is 1. The van der Waals surface area contributed by atoms with E-state index in [0.29, 0.717) is 5.41 Å². The summed E-state index contributed by atoms with van der Waals surface area (Å²) < 4.78 is 0. The molecule has 0 radical (unpaired) electrons. The standard InChI is InChI=1S/C11H19NS/c1-3-11(2,9-12)6-4-10-5-7-13-8-10/h5,7-8H,3-4,6,9,12H2,1-2H3. The van der Waals surface area contributed by atoms with Crippen LogP contribution in [0.4, 0.5) is 0 Å². The summed E-state index contributed by atoms with van der Waals surface area (Å²) in [6.45, 7) is 5.30. The van der Waals surface area contributed by atoms with Crippen LogP contribution >= 0.6 is 11.3 Å². The van der Waals surface area contributed by atoms with Crippen molar-refractivity contribution in [3.63, 3.8) is 0 Å². The smallest absolute Gasteiger partial charge is 0.00232 e. The number of hydrogen-bond donors (Lipinski definition) is 1. The molecule has 0 saturated heterocycles. The molecule has 0 aliphatic rings. The lowest BCUT2D eigenvalue weighted by atomic mass is 9.82. The van der Waals surface area contributed by atoms with Crippen molar-refractivity contribution >= 4 is 11.3 Å². The van der Waals surface area contributed by atoms with Gasteiger partial charge in [-0.25, -0.2) is 0 Å². The van der Waals surface area contributed by atoms with Gasteiger partial charge in [0.25, 0.3) is 0 Å². The third kappa shape index (κ3) is 3.12. The fourth-order valence-corrected chi connectivity index (χ4v) is 2.01. The predicted octanol–water partition coefficient (Wildman–Crippen LogP) is 3.06. The van der Waals surface area contributed by atoms with E-state index in [1.165, 1.54) is 24.8 Å². The molecule has 1 atom stereocenters. The molecule has 0 fully saturated rings. The second-order valence-corrected chi connectivity index (χ2v) is 4.78. The van der Waals surface area contributed by atoms with Crippen LogP contribution in [0, 0.1) is 5.41 Å². The zero-order valence-corrected chi connectivity index (χ0v) is 9.36. The normalized spacial score (nSPS) is 15.6. The average molecular weight is 197 g/mol. The van der Waals surface area contributed by atoms with E-state index < -0.39 is 0 Å². The van der Waals surface area contributed by atoms with Gasteiger partial charge >= 0.3 is 0 Å². The summed E-state index contributed by atoms with van der Waals surface area (Å²) >= 11 is 1.77. The SMILES string of the molecule is CCC(C)(CN)CCc1ccsc1. The van der Waals surface area contributed by atoms with Gasteiger partial charge in [0.15, 0.2) is 0 Å². The minimum atomic E-state index is 0.335. The van der Waals surface area contributed by atoms with Crippen LogP contribution in [0.5, 0.6) is 0 Å². The Kier molecular flexibility index (Phi) is 3.94. The summed E-state index contributed by atoms with van der Waals surface area (Å²) in [6, 6.07) is 2.21. The van der Waals surface area contributed by atoms with Crippen LogP contribution in [0.1, 0.15) is 32.3 Å². The Morgan fingerprint density at radius 2 is 2.31 bits per heavy atom. The quantitative estimate of drug-likeness (QED) is 0.771. The van der Waals surface area contributed by atoms with Crippen LogP contribution in [0.2, 0.25) is 0 Å².